The SMILES string of the molecule is CN(c1cccc(CNC(C)(C)C)n1)C1CCOC1. The smallest absolute Gasteiger partial charge is 0.128 e. The lowest BCUT2D eigenvalue weighted by atomic mass is 10.1. The molecule has 0 spiro atoms. The summed E-state index contributed by atoms with van der Waals surface area (Å²) in [5, 5.41) is 3.47. The average Bonchev–Trinajstić information content (AvgIpc) is 2.89. The summed E-state index contributed by atoms with van der Waals surface area (Å²) in [7, 11) is 2.10. The van der Waals surface area contributed by atoms with Gasteiger partial charge in [0.1, 0.15) is 5.82 Å². The van der Waals surface area contributed by atoms with E-state index in [9.17, 15) is 0 Å². The predicted octanol–water partition coefficient (Wildman–Crippen LogP) is 2.19. The molecule has 1 atom stereocenters. The molecule has 1 aliphatic heterocycles. The quantitative estimate of drug-likeness (QED) is 0.903. The molecular formula is C15H25N3O. The molecule has 4 heteroatoms. The zero-order valence-corrected chi connectivity index (χ0v) is 12.4. The topological polar surface area (TPSA) is 37.4 Å². The van der Waals surface area contributed by atoms with Crippen molar-refractivity contribution < 1.29 is 4.74 Å². The molecule has 0 amide bonds. The molecule has 1 saturated heterocycles. The third kappa shape index (κ3) is 4.18. The monoisotopic (exact) mass is 263 g/mol. The standard InChI is InChI=1S/C15H25N3O/c1-15(2,3)16-10-12-6-5-7-14(17-12)18(4)13-8-9-19-11-13/h5-7,13,16H,8-11H2,1-4H3. The Morgan fingerprint density at radius 3 is 2.84 bits per heavy atom. The highest BCUT2D eigenvalue weighted by Gasteiger charge is 2.21. The molecule has 0 aliphatic carbocycles. The normalized spacial score (nSPS) is 19.7. The van der Waals surface area contributed by atoms with Gasteiger partial charge in [-0.3, -0.25) is 0 Å². The lowest BCUT2D eigenvalue weighted by molar-refractivity contribution is 0.193. The Hall–Kier alpha value is -1.13. The van der Waals surface area contributed by atoms with E-state index >= 15 is 0 Å². The number of anilines is 1. The second kappa shape index (κ2) is 5.88. The Morgan fingerprint density at radius 2 is 2.21 bits per heavy atom. The first-order chi connectivity index (χ1) is 8.96. The van der Waals surface area contributed by atoms with Gasteiger partial charge in [0.2, 0.25) is 0 Å². The van der Waals surface area contributed by atoms with Crippen molar-refractivity contribution in [1.82, 2.24) is 10.3 Å². The second-order valence-corrected chi connectivity index (χ2v) is 6.22. The fourth-order valence-corrected chi connectivity index (χ4v) is 2.13. The van der Waals surface area contributed by atoms with Gasteiger partial charge in [-0.1, -0.05) is 6.07 Å². The van der Waals surface area contributed by atoms with Gasteiger partial charge in [0.05, 0.1) is 18.3 Å². The molecule has 0 aromatic carbocycles. The third-order valence-electron chi connectivity index (χ3n) is 3.41. The highest BCUT2D eigenvalue weighted by molar-refractivity contribution is 5.39. The molecule has 1 aliphatic rings. The average molecular weight is 263 g/mol. The van der Waals surface area contributed by atoms with Gasteiger partial charge in [0, 0.05) is 25.7 Å². The van der Waals surface area contributed by atoms with Gasteiger partial charge in [0.25, 0.3) is 0 Å². The molecule has 1 aromatic rings. The number of ether oxygens (including phenoxy) is 1. The number of hydrogen-bond donors (Lipinski definition) is 1. The molecule has 1 N–H and O–H groups in total. The Morgan fingerprint density at radius 1 is 1.42 bits per heavy atom. The van der Waals surface area contributed by atoms with E-state index < -0.39 is 0 Å². The van der Waals surface area contributed by atoms with Crippen LogP contribution < -0.4 is 10.2 Å². The van der Waals surface area contributed by atoms with Gasteiger partial charge in [-0.05, 0) is 39.3 Å². The minimum absolute atomic E-state index is 0.114. The van der Waals surface area contributed by atoms with Crippen LogP contribution in [0.5, 0.6) is 0 Å². The van der Waals surface area contributed by atoms with Crippen LogP contribution in [0.25, 0.3) is 0 Å². The van der Waals surface area contributed by atoms with Crippen LogP contribution in [0.2, 0.25) is 0 Å². The Labute approximate surface area is 116 Å². The van der Waals surface area contributed by atoms with Crippen molar-refractivity contribution in [3.63, 3.8) is 0 Å². The van der Waals surface area contributed by atoms with Crippen LogP contribution in [0, 0.1) is 0 Å². The molecule has 4 nitrogen and oxygen atoms in total. The van der Waals surface area contributed by atoms with Crippen molar-refractivity contribution in [3.8, 4) is 0 Å². The van der Waals surface area contributed by atoms with E-state index in [4.69, 9.17) is 9.72 Å². The fourth-order valence-electron chi connectivity index (χ4n) is 2.13. The number of likely N-dealkylation sites (N-methyl/N-ethyl adjacent to an activating group) is 1. The Bertz CT molecular complexity index is 408. The van der Waals surface area contributed by atoms with E-state index in [1.54, 1.807) is 0 Å². The summed E-state index contributed by atoms with van der Waals surface area (Å²) in [5.41, 5.74) is 1.20. The minimum atomic E-state index is 0.114. The first-order valence-electron chi connectivity index (χ1n) is 6.97. The molecule has 1 unspecified atom stereocenters. The number of nitrogens with one attached hydrogen (secondary N) is 1. The molecule has 0 bridgehead atoms. The summed E-state index contributed by atoms with van der Waals surface area (Å²) >= 11 is 0. The predicted molar refractivity (Wildman–Crippen MR) is 78.5 cm³/mol. The lowest BCUT2D eigenvalue weighted by Crippen LogP contribution is -2.36. The molecule has 2 rings (SSSR count). The van der Waals surface area contributed by atoms with Crippen molar-refractivity contribution in [2.24, 2.45) is 0 Å². The van der Waals surface area contributed by atoms with E-state index in [1.807, 2.05) is 0 Å². The van der Waals surface area contributed by atoms with Gasteiger partial charge in [-0.25, -0.2) is 4.98 Å². The Balaban J connectivity index is 2.01. The summed E-state index contributed by atoms with van der Waals surface area (Å²) in [5.74, 6) is 1.03. The van der Waals surface area contributed by atoms with E-state index in [-0.39, 0.29) is 5.54 Å². The van der Waals surface area contributed by atoms with E-state index in [0.717, 1.165) is 37.7 Å². The minimum Gasteiger partial charge on any atom is -0.379 e. The lowest BCUT2D eigenvalue weighted by Gasteiger charge is -2.25. The van der Waals surface area contributed by atoms with E-state index in [2.05, 4.69) is 56.2 Å². The molecule has 2 heterocycles. The van der Waals surface area contributed by atoms with Gasteiger partial charge in [-0.2, -0.15) is 0 Å². The number of aromatic nitrogens is 1. The largest absolute Gasteiger partial charge is 0.379 e. The van der Waals surface area contributed by atoms with Crippen LogP contribution in [0.4, 0.5) is 5.82 Å². The summed E-state index contributed by atoms with van der Waals surface area (Å²) in [4.78, 5) is 6.96. The molecule has 19 heavy (non-hydrogen) atoms. The first-order valence-corrected chi connectivity index (χ1v) is 6.97. The highest BCUT2D eigenvalue weighted by Crippen LogP contribution is 2.18. The van der Waals surface area contributed by atoms with Crippen LogP contribution in [-0.2, 0) is 11.3 Å². The van der Waals surface area contributed by atoms with E-state index in [0.29, 0.717) is 6.04 Å². The zero-order chi connectivity index (χ0) is 13.9. The van der Waals surface area contributed by atoms with Crippen LogP contribution in [0.1, 0.15) is 32.9 Å². The number of nitrogens with zero attached hydrogens (tertiary/aromatic N) is 2. The maximum Gasteiger partial charge on any atom is 0.128 e. The van der Waals surface area contributed by atoms with Crippen molar-refractivity contribution in [2.75, 3.05) is 25.2 Å². The molecule has 1 aromatic heterocycles. The Kier molecular flexibility index (Phi) is 4.42. The summed E-state index contributed by atoms with van der Waals surface area (Å²) in [6, 6.07) is 6.67. The van der Waals surface area contributed by atoms with Crippen molar-refractivity contribution >= 4 is 5.82 Å². The maximum absolute atomic E-state index is 5.44. The molecule has 106 valence electrons. The van der Waals surface area contributed by atoms with Gasteiger partial charge < -0.3 is 15.0 Å². The van der Waals surface area contributed by atoms with Crippen LogP contribution in [-0.4, -0.2) is 36.8 Å². The molecule has 0 radical (unpaired) electrons. The summed E-state index contributed by atoms with van der Waals surface area (Å²) in [6.45, 7) is 8.96. The van der Waals surface area contributed by atoms with Gasteiger partial charge >= 0.3 is 0 Å². The fraction of sp³-hybridized carbons (Fsp3) is 0.667. The summed E-state index contributed by atoms with van der Waals surface area (Å²) < 4.78 is 5.44. The number of hydrogen-bond acceptors (Lipinski definition) is 4. The summed E-state index contributed by atoms with van der Waals surface area (Å²) in [6.07, 6.45) is 1.09. The molecule has 0 saturated carbocycles. The van der Waals surface area contributed by atoms with Crippen molar-refractivity contribution in [2.45, 2.75) is 45.3 Å². The van der Waals surface area contributed by atoms with Crippen LogP contribution in [0.3, 0.4) is 0 Å². The number of pyridine rings is 1. The van der Waals surface area contributed by atoms with Crippen LogP contribution >= 0.6 is 0 Å². The molecular weight excluding hydrogens is 238 g/mol. The van der Waals surface area contributed by atoms with Gasteiger partial charge in [0.15, 0.2) is 0 Å². The number of rotatable bonds is 4. The zero-order valence-electron chi connectivity index (χ0n) is 12.4. The van der Waals surface area contributed by atoms with Crippen molar-refractivity contribution in [1.29, 1.82) is 0 Å². The first kappa shape index (κ1) is 14.3. The maximum atomic E-state index is 5.44. The highest BCUT2D eigenvalue weighted by atomic mass is 16.5. The van der Waals surface area contributed by atoms with Crippen molar-refractivity contribution in [3.05, 3.63) is 23.9 Å². The molecule has 1 fully saturated rings. The van der Waals surface area contributed by atoms with Gasteiger partial charge in [-0.15, -0.1) is 0 Å². The second-order valence-electron chi connectivity index (χ2n) is 6.22. The van der Waals surface area contributed by atoms with E-state index in [1.165, 1.54) is 0 Å². The van der Waals surface area contributed by atoms with Crippen LogP contribution in [0.15, 0.2) is 18.2 Å². The third-order valence-corrected chi connectivity index (χ3v) is 3.41.